The molecule has 8 nitrogen and oxygen atoms in total. The van der Waals surface area contributed by atoms with E-state index in [1.165, 1.54) is 35.2 Å². The van der Waals surface area contributed by atoms with Gasteiger partial charge in [0.1, 0.15) is 23.1 Å². The number of furan rings is 1. The van der Waals surface area contributed by atoms with Crippen molar-refractivity contribution in [2.75, 3.05) is 23.4 Å². The highest BCUT2D eigenvalue weighted by Crippen LogP contribution is 2.34. The Hall–Kier alpha value is -4.92. The summed E-state index contributed by atoms with van der Waals surface area (Å²) in [5, 5.41) is 2.62. The summed E-state index contributed by atoms with van der Waals surface area (Å²) in [7, 11) is 0. The molecule has 38 heavy (non-hydrogen) atoms. The third kappa shape index (κ3) is 5.41. The number of ether oxygens (including phenoxy) is 2. The number of halogens is 1. The summed E-state index contributed by atoms with van der Waals surface area (Å²) in [5.74, 6) is -0.0604. The van der Waals surface area contributed by atoms with E-state index in [2.05, 4.69) is 5.32 Å². The van der Waals surface area contributed by atoms with E-state index >= 15 is 0 Å². The summed E-state index contributed by atoms with van der Waals surface area (Å²) >= 11 is 0. The molecule has 5 rings (SSSR count). The summed E-state index contributed by atoms with van der Waals surface area (Å²) < 4.78 is 30.0. The molecule has 0 aliphatic carbocycles. The van der Waals surface area contributed by atoms with E-state index in [4.69, 9.17) is 13.9 Å². The molecule has 2 heterocycles. The van der Waals surface area contributed by atoms with Crippen LogP contribution in [-0.4, -0.2) is 30.8 Å². The Morgan fingerprint density at radius 2 is 1.82 bits per heavy atom. The number of amides is 2. The highest BCUT2D eigenvalue weighted by atomic mass is 19.1. The highest BCUT2D eigenvalue weighted by Gasteiger charge is 2.28. The first kappa shape index (κ1) is 24.8. The van der Waals surface area contributed by atoms with Gasteiger partial charge in [-0.15, -0.1) is 0 Å². The SMILES string of the molecule is Cc1ccccc1OCC(=O)c1ccc2c(c1)N(Cc1ccc(C(=O)Nc3ccc(F)cc3)o1)C(=O)CO2. The van der Waals surface area contributed by atoms with Crippen LogP contribution < -0.4 is 19.7 Å². The van der Waals surface area contributed by atoms with Gasteiger partial charge in [0.15, 0.2) is 24.8 Å². The van der Waals surface area contributed by atoms with Gasteiger partial charge in [-0.25, -0.2) is 4.39 Å². The minimum Gasteiger partial charge on any atom is -0.485 e. The smallest absolute Gasteiger partial charge is 0.291 e. The lowest BCUT2D eigenvalue weighted by Gasteiger charge is -2.29. The fraction of sp³-hybridized carbons (Fsp3) is 0.138. The van der Waals surface area contributed by atoms with Crippen LogP contribution in [0.15, 0.2) is 83.3 Å². The van der Waals surface area contributed by atoms with E-state index in [-0.39, 0.29) is 37.2 Å². The number of anilines is 2. The zero-order valence-corrected chi connectivity index (χ0v) is 20.4. The number of nitrogens with zero attached hydrogens (tertiary/aromatic N) is 1. The molecule has 0 unspecified atom stereocenters. The van der Waals surface area contributed by atoms with Crippen molar-refractivity contribution >= 4 is 29.0 Å². The predicted molar refractivity (Wildman–Crippen MR) is 137 cm³/mol. The molecule has 1 aliphatic rings. The van der Waals surface area contributed by atoms with Crippen LogP contribution in [0.1, 0.15) is 32.2 Å². The van der Waals surface area contributed by atoms with Crippen molar-refractivity contribution in [3.8, 4) is 11.5 Å². The van der Waals surface area contributed by atoms with Crippen LogP contribution in [0.4, 0.5) is 15.8 Å². The van der Waals surface area contributed by atoms with Crippen LogP contribution in [0, 0.1) is 12.7 Å². The molecule has 0 atom stereocenters. The van der Waals surface area contributed by atoms with Crippen LogP contribution in [0.25, 0.3) is 0 Å². The molecule has 4 aromatic rings. The first-order valence-corrected chi connectivity index (χ1v) is 11.8. The number of hydrogen-bond donors (Lipinski definition) is 1. The Morgan fingerprint density at radius 1 is 1.03 bits per heavy atom. The van der Waals surface area contributed by atoms with Crippen molar-refractivity contribution in [2.45, 2.75) is 13.5 Å². The molecule has 9 heteroatoms. The lowest BCUT2D eigenvalue weighted by molar-refractivity contribution is -0.121. The fourth-order valence-corrected chi connectivity index (χ4v) is 3.96. The van der Waals surface area contributed by atoms with E-state index in [1.807, 2.05) is 25.1 Å². The van der Waals surface area contributed by atoms with Gasteiger partial charge in [-0.05, 0) is 73.2 Å². The summed E-state index contributed by atoms with van der Waals surface area (Å²) in [5.41, 5.74) is 2.10. The number of carbonyl (C=O) groups excluding carboxylic acids is 3. The van der Waals surface area contributed by atoms with Crippen molar-refractivity contribution in [1.29, 1.82) is 0 Å². The van der Waals surface area contributed by atoms with Crippen LogP contribution in [-0.2, 0) is 11.3 Å². The van der Waals surface area contributed by atoms with Gasteiger partial charge < -0.3 is 19.2 Å². The molecule has 0 spiro atoms. The second-order valence-electron chi connectivity index (χ2n) is 8.66. The monoisotopic (exact) mass is 514 g/mol. The van der Waals surface area contributed by atoms with Gasteiger partial charge in [-0.3, -0.25) is 19.3 Å². The average Bonchev–Trinajstić information content (AvgIpc) is 3.39. The van der Waals surface area contributed by atoms with Gasteiger partial charge in [0.2, 0.25) is 0 Å². The van der Waals surface area contributed by atoms with E-state index < -0.39 is 11.7 Å². The van der Waals surface area contributed by atoms with Crippen LogP contribution in [0.5, 0.6) is 11.5 Å². The maximum absolute atomic E-state index is 13.1. The maximum Gasteiger partial charge on any atom is 0.291 e. The number of carbonyl (C=O) groups is 3. The summed E-state index contributed by atoms with van der Waals surface area (Å²) in [6.07, 6.45) is 0. The van der Waals surface area contributed by atoms with Gasteiger partial charge in [0, 0.05) is 11.3 Å². The number of rotatable bonds is 8. The topological polar surface area (TPSA) is 98.1 Å². The Kier molecular flexibility index (Phi) is 6.90. The number of para-hydroxylation sites is 1. The number of benzene rings is 3. The van der Waals surface area contributed by atoms with Gasteiger partial charge in [-0.1, -0.05) is 18.2 Å². The Balaban J connectivity index is 1.30. The minimum atomic E-state index is -0.516. The average molecular weight is 515 g/mol. The molecule has 1 N–H and O–H groups in total. The first-order valence-electron chi connectivity index (χ1n) is 11.8. The molecule has 0 bridgehead atoms. The van der Waals surface area contributed by atoms with Crippen molar-refractivity contribution in [1.82, 2.24) is 0 Å². The van der Waals surface area contributed by atoms with E-state index in [0.29, 0.717) is 34.2 Å². The second kappa shape index (κ2) is 10.6. The third-order valence-corrected chi connectivity index (χ3v) is 5.98. The normalized spacial score (nSPS) is 12.5. The van der Waals surface area contributed by atoms with Crippen molar-refractivity contribution in [3.63, 3.8) is 0 Å². The molecule has 192 valence electrons. The number of Topliss-reactive ketones (excluding diaryl/α,β-unsaturated/α-hetero) is 1. The summed E-state index contributed by atoms with van der Waals surface area (Å²) in [6.45, 7) is 1.58. The summed E-state index contributed by atoms with van der Waals surface area (Å²) in [4.78, 5) is 39.6. The molecule has 1 aliphatic heterocycles. The Bertz CT molecular complexity index is 1510. The Morgan fingerprint density at radius 3 is 2.61 bits per heavy atom. The number of ketones is 1. The molecule has 3 aromatic carbocycles. The van der Waals surface area contributed by atoms with E-state index in [9.17, 15) is 18.8 Å². The van der Waals surface area contributed by atoms with Gasteiger partial charge >= 0.3 is 0 Å². The minimum absolute atomic E-state index is 0.0242. The van der Waals surface area contributed by atoms with Gasteiger partial charge in [0.05, 0.1) is 12.2 Å². The Labute approximate surface area is 217 Å². The lowest BCUT2D eigenvalue weighted by Crippen LogP contribution is -2.38. The van der Waals surface area contributed by atoms with Crippen molar-refractivity contribution in [2.24, 2.45) is 0 Å². The quantitative estimate of drug-likeness (QED) is 0.326. The maximum atomic E-state index is 13.1. The number of fused-ring (bicyclic) bond motifs is 1. The zero-order valence-electron chi connectivity index (χ0n) is 20.4. The van der Waals surface area contributed by atoms with E-state index in [0.717, 1.165) is 5.56 Å². The second-order valence-corrected chi connectivity index (χ2v) is 8.66. The van der Waals surface area contributed by atoms with Gasteiger partial charge in [-0.2, -0.15) is 0 Å². The third-order valence-electron chi connectivity index (χ3n) is 5.98. The molecule has 0 saturated heterocycles. The number of hydrogen-bond acceptors (Lipinski definition) is 6. The number of nitrogens with one attached hydrogen (secondary N) is 1. The lowest BCUT2D eigenvalue weighted by atomic mass is 10.1. The van der Waals surface area contributed by atoms with Crippen LogP contribution >= 0.6 is 0 Å². The van der Waals surface area contributed by atoms with Crippen LogP contribution in [0.3, 0.4) is 0 Å². The molecule has 1 aromatic heterocycles. The standard InChI is InChI=1S/C29H23FN2O6/c1-18-4-2-3-5-25(18)36-16-24(33)19-6-12-26-23(14-19)32(28(34)17-37-26)15-22-11-13-27(38-22)29(35)31-21-9-7-20(30)8-10-21/h2-14H,15-17H2,1H3,(H,31,35). The molecular weight excluding hydrogens is 491 g/mol. The highest BCUT2D eigenvalue weighted by molar-refractivity contribution is 6.03. The van der Waals surface area contributed by atoms with Gasteiger partial charge in [0.25, 0.3) is 11.8 Å². The van der Waals surface area contributed by atoms with Crippen LogP contribution in [0.2, 0.25) is 0 Å². The predicted octanol–water partition coefficient (Wildman–Crippen LogP) is 5.17. The molecule has 2 amide bonds. The number of aryl methyl sites for hydroxylation is 1. The molecule has 0 radical (unpaired) electrons. The van der Waals surface area contributed by atoms with Crippen molar-refractivity contribution in [3.05, 3.63) is 107 Å². The summed E-state index contributed by atoms with van der Waals surface area (Å²) in [6, 6.07) is 20.7. The molecule has 0 fully saturated rings. The van der Waals surface area contributed by atoms with E-state index in [1.54, 1.807) is 30.3 Å². The fourth-order valence-electron chi connectivity index (χ4n) is 3.96. The largest absolute Gasteiger partial charge is 0.485 e. The van der Waals surface area contributed by atoms with Crippen molar-refractivity contribution < 1.29 is 32.7 Å². The molecular formula is C29H23FN2O6. The first-order chi connectivity index (χ1) is 18.4. The zero-order chi connectivity index (χ0) is 26.6. The molecule has 0 saturated carbocycles.